The standard InChI is InChI=1S/C15H11ClN4/c16-12-3-1-2-11(6-12)9-18-15-19-13-5-4-10(8-17)7-14(13)20-15/h1-7H,9H2,(H2,18,19,20). The Morgan fingerprint density at radius 2 is 2.15 bits per heavy atom. The van der Waals surface area contributed by atoms with Gasteiger partial charge in [0, 0.05) is 11.6 Å². The van der Waals surface area contributed by atoms with Crippen LogP contribution in [-0.4, -0.2) is 9.97 Å². The van der Waals surface area contributed by atoms with Crippen LogP contribution < -0.4 is 5.32 Å². The second-order valence-corrected chi connectivity index (χ2v) is 4.85. The van der Waals surface area contributed by atoms with Crippen molar-refractivity contribution in [2.45, 2.75) is 6.54 Å². The van der Waals surface area contributed by atoms with Crippen molar-refractivity contribution in [3.8, 4) is 6.07 Å². The van der Waals surface area contributed by atoms with Crippen molar-refractivity contribution in [2.24, 2.45) is 0 Å². The zero-order valence-corrected chi connectivity index (χ0v) is 11.3. The van der Waals surface area contributed by atoms with Gasteiger partial charge in [0.15, 0.2) is 0 Å². The molecule has 2 aromatic carbocycles. The molecule has 0 saturated heterocycles. The summed E-state index contributed by atoms with van der Waals surface area (Å²) >= 11 is 5.94. The van der Waals surface area contributed by atoms with Crippen LogP contribution in [0.1, 0.15) is 11.1 Å². The lowest BCUT2D eigenvalue weighted by molar-refractivity contribution is 1.10. The van der Waals surface area contributed by atoms with E-state index in [0.717, 1.165) is 16.6 Å². The van der Waals surface area contributed by atoms with Crippen LogP contribution in [0.2, 0.25) is 5.02 Å². The lowest BCUT2D eigenvalue weighted by atomic mass is 10.2. The summed E-state index contributed by atoms with van der Waals surface area (Å²) in [4.78, 5) is 7.57. The average molecular weight is 283 g/mol. The molecule has 3 aromatic rings. The Morgan fingerprint density at radius 1 is 1.25 bits per heavy atom. The maximum atomic E-state index is 8.87. The second kappa shape index (κ2) is 5.24. The number of rotatable bonds is 3. The maximum absolute atomic E-state index is 8.87. The largest absolute Gasteiger partial charge is 0.352 e. The molecule has 0 bridgehead atoms. The number of anilines is 1. The smallest absolute Gasteiger partial charge is 0.201 e. The number of nitrogens with one attached hydrogen (secondary N) is 2. The molecule has 0 spiro atoms. The minimum Gasteiger partial charge on any atom is -0.352 e. The highest BCUT2D eigenvalue weighted by molar-refractivity contribution is 6.30. The monoisotopic (exact) mass is 282 g/mol. The minimum absolute atomic E-state index is 0.613. The van der Waals surface area contributed by atoms with Gasteiger partial charge >= 0.3 is 0 Å². The molecular weight excluding hydrogens is 272 g/mol. The molecular formula is C15H11ClN4. The summed E-state index contributed by atoms with van der Waals surface area (Å²) in [5, 5.41) is 12.8. The number of hydrogen-bond acceptors (Lipinski definition) is 3. The third-order valence-electron chi connectivity index (χ3n) is 2.96. The van der Waals surface area contributed by atoms with Gasteiger partial charge < -0.3 is 10.3 Å². The molecule has 3 rings (SSSR count). The molecule has 98 valence electrons. The number of hydrogen-bond donors (Lipinski definition) is 2. The van der Waals surface area contributed by atoms with Crippen molar-refractivity contribution >= 4 is 28.6 Å². The molecule has 20 heavy (non-hydrogen) atoms. The average Bonchev–Trinajstić information content (AvgIpc) is 2.87. The quantitative estimate of drug-likeness (QED) is 0.770. The fourth-order valence-corrected chi connectivity index (χ4v) is 2.21. The van der Waals surface area contributed by atoms with Gasteiger partial charge in [-0.2, -0.15) is 5.26 Å². The van der Waals surface area contributed by atoms with Gasteiger partial charge in [0.25, 0.3) is 0 Å². The van der Waals surface area contributed by atoms with Crippen LogP contribution in [0.5, 0.6) is 0 Å². The summed E-state index contributed by atoms with van der Waals surface area (Å²) in [5.74, 6) is 0.676. The summed E-state index contributed by atoms with van der Waals surface area (Å²) in [6.45, 7) is 0.630. The van der Waals surface area contributed by atoms with Crippen molar-refractivity contribution < 1.29 is 0 Å². The first-order valence-electron chi connectivity index (χ1n) is 6.13. The van der Waals surface area contributed by atoms with Crippen LogP contribution in [0.3, 0.4) is 0 Å². The molecule has 0 radical (unpaired) electrons. The van der Waals surface area contributed by atoms with Crippen molar-refractivity contribution in [3.05, 3.63) is 58.6 Å². The van der Waals surface area contributed by atoms with Crippen molar-refractivity contribution in [2.75, 3.05) is 5.32 Å². The molecule has 0 aliphatic heterocycles. The summed E-state index contributed by atoms with van der Waals surface area (Å²) in [7, 11) is 0. The fourth-order valence-electron chi connectivity index (χ4n) is 2.00. The first-order valence-corrected chi connectivity index (χ1v) is 6.50. The SMILES string of the molecule is N#Cc1ccc2nc(NCc3cccc(Cl)c3)[nH]c2c1. The van der Waals surface area contributed by atoms with Crippen LogP contribution in [0, 0.1) is 11.3 Å². The van der Waals surface area contributed by atoms with Gasteiger partial charge in [0.1, 0.15) is 0 Å². The van der Waals surface area contributed by atoms with Gasteiger partial charge in [-0.3, -0.25) is 0 Å². The summed E-state index contributed by atoms with van der Waals surface area (Å²) < 4.78 is 0. The minimum atomic E-state index is 0.613. The predicted octanol–water partition coefficient (Wildman–Crippen LogP) is 3.70. The van der Waals surface area contributed by atoms with Gasteiger partial charge in [-0.05, 0) is 35.9 Å². The zero-order chi connectivity index (χ0) is 13.9. The molecule has 0 fully saturated rings. The number of nitrogens with zero attached hydrogens (tertiary/aromatic N) is 2. The Balaban J connectivity index is 1.79. The molecule has 1 heterocycles. The van der Waals surface area contributed by atoms with E-state index in [0.29, 0.717) is 23.1 Å². The van der Waals surface area contributed by atoms with Crippen molar-refractivity contribution in [1.29, 1.82) is 5.26 Å². The molecule has 0 amide bonds. The second-order valence-electron chi connectivity index (χ2n) is 4.41. The third kappa shape index (κ3) is 2.58. The molecule has 0 aliphatic rings. The number of benzene rings is 2. The Kier molecular flexibility index (Phi) is 3.28. The number of H-pyrrole nitrogens is 1. The van der Waals surface area contributed by atoms with E-state index in [1.54, 1.807) is 12.1 Å². The maximum Gasteiger partial charge on any atom is 0.201 e. The molecule has 0 aliphatic carbocycles. The van der Waals surface area contributed by atoms with Gasteiger partial charge in [-0.1, -0.05) is 23.7 Å². The number of aromatic amines is 1. The lowest BCUT2D eigenvalue weighted by Crippen LogP contribution is -2.00. The van der Waals surface area contributed by atoms with E-state index >= 15 is 0 Å². The molecule has 4 nitrogen and oxygen atoms in total. The van der Waals surface area contributed by atoms with E-state index in [-0.39, 0.29) is 0 Å². The van der Waals surface area contributed by atoms with Crippen LogP contribution in [0.15, 0.2) is 42.5 Å². The van der Waals surface area contributed by atoms with Crippen molar-refractivity contribution in [3.63, 3.8) is 0 Å². The molecule has 0 unspecified atom stereocenters. The van der Waals surface area contributed by atoms with Crippen LogP contribution in [0.25, 0.3) is 11.0 Å². The Labute approximate surface area is 121 Å². The van der Waals surface area contributed by atoms with Crippen LogP contribution in [-0.2, 0) is 6.54 Å². The number of aromatic nitrogens is 2. The Bertz CT molecular complexity index is 801. The van der Waals surface area contributed by atoms with E-state index in [4.69, 9.17) is 16.9 Å². The number of imidazole rings is 1. The van der Waals surface area contributed by atoms with Crippen molar-refractivity contribution in [1.82, 2.24) is 9.97 Å². The van der Waals surface area contributed by atoms with Crippen LogP contribution >= 0.6 is 11.6 Å². The highest BCUT2D eigenvalue weighted by Crippen LogP contribution is 2.17. The summed E-state index contributed by atoms with van der Waals surface area (Å²) in [6.07, 6.45) is 0. The molecule has 2 N–H and O–H groups in total. The highest BCUT2D eigenvalue weighted by atomic mass is 35.5. The fraction of sp³-hybridized carbons (Fsp3) is 0.0667. The Hall–Kier alpha value is -2.51. The van der Waals surface area contributed by atoms with E-state index in [2.05, 4.69) is 21.4 Å². The van der Waals surface area contributed by atoms with E-state index < -0.39 is 0 Å². The zero-order valence-electron chi connectivity index (χ0n) is 10.5. The predicted molar refractivity (Wildman–Crippen MR) is 79.6 cm³/mol. The summed E-state index contributed by atoms with van der Waals surface area (Å²) in [5.41, 5.74) is 3.37. The van der Waals surface area contributed by atoms with E-state index in [9.17, 15) is 0 Å². The Morgan fingerprint density at radius 3 is 2.95 bits per heavy atom. The van der Waals surface area contributed by atoms with Gasteiger partial charge in [0.2, 0.25) is 5.95 Å². The van der Waals surface area contributed by atoms with E-state index in [1.165, 1.54) is 0 Å². The van der Waals surface area contributed by atoms with Gasteiger partial charge in [0.05, 0.1) is 22.7 Å². The topological polar surface area (TPSA) is 64.5 Å². The molecule has 0 saturated carbocycles. The van der Waals surface area contributed by atoms with E-state index in [1.807, 2.05) is 30.3 Å². The van der Waals surface area contributed by atoms with Gasteiger partial charge in [-0.15, -0.1) is 0 Å². The molecule has 0 atom stereocenters. The molecule has 5 heteroatoms. The first kappa shape index (κ1) is 12.5. The van der Waals surface area contributed by atoms with Crippen LogP contribution in [0.4, 0.5) is 5.95 Å². The van der Waals surface area contributed by atoms with Gasteiger partial charge in [-0.25, -0.2) is 4.98 Å². The normalized spacial score (nSPS) is 10.4. The molecule has 1 aromatic heterocycles. The third-order valence-corrected chi connectivity index (χ3v) is 3.20. The summed E-state index contributed by atoms with van der Waals surface area (Å²) in [6, 6.07) is 15.1. The highest BCUT2D eigenvalue weighted by Gasteiger charge is 2.03. The number of halogens is 1. The lowest BCUT2D eigenvalue weighted by Gasteiger charge is -2.03. The number of nitriles is 1. The first-order chi connectivity index (χ1) is 9.74. The number of fused-ring (bicyclic) bond motifs is 1.